The summed E-state index contributed by atoms with van der Waals surface area (Å²) in [7, 11) is 0. The third-order valence-electron chi connectivity index (χ3n) is 2.78. The number of carbonyl (C=O) groups is 1. The van der Waals surface area contributed by atoms with Gasteiger partial charge >= 0.3 is 5.97 Å². The molecule has 18 heavy (non-hydrogen) atoms. The van der Waals surface area contributed by atoms with E-state index in [1.54, 1.807) is 24.3 Å². The van der Waals surface area contributed by atoms with Crippen LogP contribution in [0.2, 0.25) is 0 Å². The molecule has 0 amide bonds. The second-order valence-corrected chi connectivity index (χ2v) is 4.68. The zero-order valence-corrected chi connectivity index (χ0v) is 10.6. The summed E-state index contributed by atoms with van der Waals surface area (Å²) in [5, 5.41) is 0. The van der Waals surface area contributed by atoms with E-state index in [4.69, 9.17) is 9.78 Å². The molecule has 1 aliphatic rings. The Hall–Kier alpha value is -1.87. The van der Waals surface area contributed by atoms with Crippen molar-refractivity contribution in [1.29, 1.82) is 0 Å². The van der Waals surface area contributed by atoms with Crippen LogP contribution in [0.15, 0.2) is 54.1 Å². The standard InChI is InChI=1S/C15H16O3/c1-12-7-6-10-15(2,11-12)18-17-14(16)13-8-4-3-5-9-13/h3-10H,11H2,1-2H3. The maximum atomic E-state index is 11.7. The van der Waals surface area contributed by atoms with Crippen LogP contribution in [0.3, 0.4) is 0 Å². The molecule has 1 unspecified atom stereocenters. The largest absolute Gasteiger partial charge is 0.373 e. The first-order valence-corrected chi connectivity index (χ1v) is 5.89. The first kappa shape index (κ1) is 12.6. The van der Waals surface area contributed by atoms with Crippen LogP contribution in [0, 0.1) is 0 Å². The summed E-state index contributed by atoms with van der Waals surface area (Å²) in [6.07, 6.45) is 6.53. The minimum Gasteiger partial charge on any atom is -0.292 e. The van der Waals surface area contributed by atoms with Gasteiger partial charge < -0.3 is 0 Å². The van der Waals surface area contributed by atoms with Crippen LogP contribution in [0.5, 0.6) is 0 Å². The van der Waals surface area contributed by atoms with Gasteiger partial charge in [0.25, 0.3) is 0 Å². The number of benzene rings is 1. The van der Waals surface area contributed by atoms with Crippen molar-refractivity contribution in [2.45, 2.75) is 25.9 Å². The molecule has 0 bridgehead atoms. The number of hydrogen-bond acceptors (Lipinski definition) is 3. The monoisotopic (exact) mass is 244 g/mol. The molecule has 0 saturated carbocycles. The fourth-order valence-corrected chi connectivity index (χ4v) is 1.90. The van der Waals surface area contributed by atoms with Gasteiger partial charge in [0, 0.05) is 6.42 Å². The molecule has 3 nitrogen and oxygen atoms in total. The van der Waals surface area contributed by atoms with E-state index in [1.165, 1.54) is 5.57 Å². The molecule has 0 fully saturated rings. The smallest absolute Gasteiger partial charge is 0.292 e. The average molecular weight is 244 g/mol. The minimum atomic E-state index is -0.580. The van der Waals surface area contributed by atoms with Gasteiger partial charge in [-0.2, -0.15) is 4.89 Å². The molecule has 1 aromatic carbocycles. The van der Waals surface area contributed by atoms with Crippen molar-refractivity contribution in [2.75, 3.05) is 0 Å². The fourth-order valence-electron chi connectivity index (χ4n) is 1.90. The number of hydrogen-bond donors (Lipinski definition) is 0. The molecule has 0 saturated heterocycles. The van der Waals surface area contributed by atoms with Crippen LogP contribution in [0.1, 0.15) is 30.6 Å². The SMILES string of the molecule is CC1=CC=CC(C)(OOC(=O)c2ccccc2)C1. The molecule has 0 heterocycles. The summed E-state index contributed by atoms with van der Waals surface area (Å²) in [6, 6.07) is 8.79. The van der Waals surface area contributed by atoms with Gasteiger partial charge in [-0.25, -0.2) is 4.79 Å². The maximum absolute atomic E-state index is 11.7. The van der Waals surface area contributed by atoms with E-state index in [0.717, 1.165) is 0 Å². The lowest BCUT2D eigenvalue weighted by Crippen LogP contribution is -2.29. The summed E-state index contributed by atoms with van der Waals surface area (Å²) >= 11 is 0. The van der Waals surface area contributed by atoms with E-state index in [9.17, 15) is 4.79 Å². The van der Waals surface area contributed by atoms with Crippen LogP contribution in [-0.2, 0) is 9.78 Å². The van der Waals surface area contributed by atoms with Crippen molar-refractivity contribution < 1.29 is 14.6 Å². The van der Waals surface area contributed by atoms with Gasteiger partial charge in [0.1, 0.15) is 5.60 Å². The summed E-state index contributed by atoms with van der Waals surface area (Å²) in [5.74, 6) is -0.475. The van der Waals surface area contributed by atoms with Crippen LogP contribution in [0.4, 0.5) is 0 Å². The highest BCUT2D eigenvalue weighted by molar-refractivity contribution is 5.88. The molecule has 2 rings (SSSR count). The molecule has 0 spiro atoms. The summed E-state index contributed by atoms with van der Waals surface area (Å²) in [4.78, 5) is 21.9. The normalized spacial score (nSPS) is 22.4. The minimum absolute atomic E-state index is 0.475. The quantitative estimate of drug-likeness (QED) is 0.603. The zero-order valence-electron chi connectivity index (χ0n) is 10.6. The van der Waals surface area contributed by atoms with Crippen LogP contribution in [-0.4, -0.2) is 11.6 Å². The van der Waals surface area contributed by atoms with Crippen molar-refractivity contribution in [3.05, 3.63) is 59.7 Å². The Morgan fingerprint density at radius 3 is 2.67 bits per heavy atom. The van der Waals surface area contributed by atoms with Gasteiger partial charge in [0.15, 0.2) is 0 Å². The summed E-state index contributed by atoms with van der Waals surface area (Å²) < 4.78 is 0. The number of rotatable bonds is 3. The lowest BCUT2D eigenvalue weighted by Gasteiger charge is -2.26. The van der Waals surface area contributed by atoms with Gasteiger partial charge in [0.05, 0.1) is 5.56 Å². The third kappa shape index (κ3) is 3.08. The molecule has 94 valence electrons. The van der Waals surface area contributed by atoms with E-state index >= 15 is 0 Å². The van der Waals surface area contributed by atoms with E-state index in [1.807, 2.05) is 38.1 Å². The molecular formula is C15H16O3. The molecular weight excluding hydrogens is 228 g/mol. The third-order valence-corrected chi connectivity index (χ3v) is 2.78. The highest BCUT2D eigenvalue weighted by atomic mass is 17.2. The second kappa shape index (κ2) is 5.19. The lowest BCUT2D eigenvalue weighted by molar-refractivity contribution is -0.296. The van der Waals surface area contributed by atoms with Crippen LogP contribution in [0.25, 0.3) is 0 Å². The van der Waals surface area contributed by atoms with Crippen molar-refractivity contribution in [3.63, 3.8) is 0 Å². The number of carbonyl (C=O) groups excluding carboxylic acids is 1. The molecule has 1 aliphatic carbocycles. The van der Waals surface area contributed by atoms with E-state index < -0.39 is 11.6 Å². The van der Waals surface area contributed by atoms with E-state index in [0.29, 0.717) is 12.0 Å². The zero-order chi connectivity index (χ0) is 13.0. The van der Waals surface area contributed by atoms with Crippen molar-refractivity contribution in [3.8, 4) is 0 Å². The van der Waals surface area contributed by atoms with Crippen LogP contribution < -0.4 is 0 Å². The van der Waals surface area contributed by atoms with Gasteiger partial charge in [-0.1, -0.05) is 35.9 Å². The average Bonchev–Trinajstić information content (AvgIpc) is 2.37. The van der Waals surface area contributed by atoms with E-state index in [2.05, 4.69) is 0 Å². The maximum Gasteiger partial charge on any atom is 0.373 e. The Morgan fingerprint density at radius 2 is 2.00 bits per heavy atom. The van der Waals surface area contributed by atoms with Crippen LogP contribution >= 0.6 is 0 Å². The van der Waals surface area contributed by atoms with Gasteiger partial charge in [0.2, 0.25) is 0 Å². The molecule has 1 atom stereocenters. The van der Waals surface area contributed by atoms with Crippen molar-refractivity contribution >= 4 is 5.97 Å². The van der Waals surface area contributed by atoms with Gasteiger partial charge in [-0.3, -0.25) is 4.89 Å². The molecule has 0 N–H and O–H groups in total. The molecule has 0 radical (unpaired) electrons. The topological polar surface area (TPSA) is 35.5 Å². The second-order valence-electron chi connectivity index (χ2n) is 4.68. The highest BCUT2D eigenvalue weighted by Gasteiger charge is 2.27. The van der Waals surface area contributed by atoms with E-state index in [-0.39, 0.29) is 0 Å². The predicted octanol–water partition coefficient (Wildman–Crippen LogP) is 3.44. The van der Waals surface area contributed by atoms with Crippen molar-refractivity contribution in [2.24, 2.45) is 0 Å². The Balaban J connectivity index is 1.95. The Kier molecular flexibility index (Phi) is 3.63. The van der Waals surface area contributed by atoms with Gasteiger partial charge in [-0.15, -0.1) is 0 Å². The Labute approximate surface area is 107 Å². The highest BCUT2D eigenvalue weighted by Crippen LogP contribution is 2.26. The summed E-state index contributed by atoms with van der Waals surface area (Å²) in [6.45, 7) is 3.91. The molecule has 0 aliphatic heterocycles. The Bertz CT molecular complexity index is 488. The predicted molar refractivity (Wildman–Crippen MR) is 68.9 cm³/mol. The molecule has 1 aromatic rings. The lowest BCUT2D eigenvalue weighted by atomic mass is 9.93. The molecule has 0 aromatic heterocycles. The molecule has 3 heteroatoms. The number of allylic oxidation sites excluding steroid dienone is 2. The Morgan fingerprint density at radius 1 is 1.28 bits per heavy atom. The first-order chi connectivity index (χ1) is 8.59. The van der Waals surface area contributed by atoms with Crippen molar-refractivity contribution in [1.82, 2.24) is 0 Å². The van der Waals surface area contributed by atoms with Gasteiger partial charge in [-0.05, 0) is 32.1 Å². The first-order valence-electron chi connectivity index (χ1n) is 5.89. The summed E-state index contributed by atoms with van der Waals surface area (Å²) in [5.41, 5.74) is 1.09. The fraction of sp³-hybridized carbons (Fsp3) is 0.267.